The molecule has 0 bridgehead atoms. The van der Waals surface area contributed by atoms with Crippen LogP contribution in [0.15, 0.2) is 18.3 Å². The molecule has 0 radical (unpaired) electrons. The third-order valence-corrected chi connectivity index (χ3v) is 2.47. The van der Waals surface area contributed by atoms with Crippen molar-refractivity contribution in [1.82, 2.24) is 9.88 Å². The van der Waals surface area contributed by atoms with Gasteiger partial charge >= 0.3 is 0 Å². The number of rotatable bonds is 6. The molecule has 17 heavy (non-hydrogen) atoms. The van der Waals surface area contributed by atoms with Crippen LogP contribution in [0.1, 0.15) is 29.6 Å². The van der Waals surface area contributed by atoms with Gasteiger partial charge in [-0.2, -0.15) is 4.39 Å². The van der Waals surface area contributed by atoms with Crippen molar-refractivity contribution in [2.75, 3.05) is 20.2 Å². The van der Waals surface area contributed by atoms with Gasteiger partial charge < -0.3 is 10.0 Å². The van der Waals surface area contributed by atoms with Crippen LogP contribution in [0.3, 0.4) is 0 Å². The van der Waals surface area contributed by atoms with Gasteiger partial charge in [-0.05, 0) is 31.4 Å². The molecule has 1 rings (SSSR count). The van der Waals surface area contributed by atoms with Gasteiger partial charge in [-0.1, -0.05) is 0 Å². The summed E-state index contributed by atoms with van der Waals surface area (Å²) in [6, 6.07) is 2.60. The Kier molecular flexibility index (Phi) is 5.56. The molecule has 0 aliphatic heterocycles. The van der Waals surface area contributed by atoms with Crippen molar-refractivity contribution in [2.45, 2.75) is 19.3 Å². The molecule has 1 heterocycles. The number of nitrogens with zero attached hydrogens (tertiary/aromatic N) is 2. The lowest BCUT2D eigenvalue weighted by Gasteiger charge is -2.16. The second-order valence-corrected chi connectivity index (χ2v) is 3.88. The van der Waals surface area contributed by atoms with Gasteiger partial charge in [-0.25, -0.2) is 4.98 Å². The molecular formula is C12H17FN2O2. The molecule has 1 amide bonds. The van der Waals surface area contributed by atoms with Crippen molar-refractivity contribution < 1.29 is 14.3 Å². The molecule has 0 aliphatic rings. The number of pyridine rings is 1. The van der Waals surface area contributed by atoms with Crippen LogP contribution < -0.4 is 0 Å². The van der Waals surface area contributed by atoms with Gasteiger partial charge in [0, 0.05) is 26.4 Å². The van der Waals surface area contributed by atoms with Gasteiger partial charge in [0.05, 0.1) is 5.56 Å². The van der Waals surface area contributed by atoms with Gasteiger partial charge in [0.25, 0.3) is 5.91 Å². The highest BCUT2D eigenvalue weighted by molar-refractivity contribution is 5.93. The molecule has 0 unspecified atom stereocenters. The van der Waals surface area contributed by atoms with Gasteiger partial charge in [0.15, 0.2) is 0 Å². The third kappa shape index (κ3) is 4.48. The fourth-order valence-corrected chi connectivity index (χ4v) is 1.46. The number of aliphatic hydroxyl groups is 1. The lowest BCUT2D eigenvalue weighted by Crippen LogP contribution is -2.27. The number of carbonyl (C=O) groups is 1. The highest BCUT2D eigenvalue weighted by Crippen LogP contribution is 2.05. The van der Waals surface area contributed by atoms with Crippen LogP contribution in [0.5, 0.6) is 0 Å². The molecule has 5 heteroatoms. The maximum atomic E-state index is 12.6. The Bertz CT molecular complexity index is 354. The Balaban J connectivity index is 2.43. The summed E-state index contributed by atoms with van der Waals surface area (Å²) in [5.41, 5.74) is 0.385. The molecule has 4 nitrogen and oxygen atoms in total. The lowest BCUT2D eigenvalue weighted by molar-refractivity contribution is 0.0791. The molecule has 0 saturated carbocycles. The summed E-state index contributed by atoms with van der Waals surface area (Å²) in [5, 5.41) is 8.62. The van der Waals surface area contributed by atoms with E-state index in [0.717, 1.165) is 19.3 Å². The van der Waals surface area contributed by atoms with Gasteiger partial charge in [-0.15, -0.1) is 0 Å². The Morgan fingerprint density at radius 3 is 2.76 bits per heavy atom. The van der Waals surface area contributed by atoms with Gasteiger partial charge in [-0.3, -0.25) is 4.79 Å². The summed E-state index contributed by atoms with van der Waals surface area (Å²) in [6.07, 6.45) is 3.72. The van der Waals surface area contributed by atoms with E-state index in [1.54, 1.807) is 11.9 Å². The Morgan fingerprint density at radius 2 is 2.18 bits per heavy atom. The number of unbranched alkanes of at least 4 members (excludes halogenated alkanes) is 2. The lowest BCUT2D eigenvalue weighted by atomic mass is 10.2. The summed E-state index contributed by atoms with van der Waals surface area (Å²) >= 11 is 0. The molecule has 0 spiro atoms. The van der Waals surface area contributed by atoms with Crippen LogP contribution in [0.4, 0.5) is 4.39 Å². The van der Waals surface area contributed by atoms with E-state index < -0.39 is 5.95 Å². The van der Waals surface area contributed by atoms with Crippen molar-refractivity contribution >= 4 is 5.91 Å². The van der Waals surface area contributed by atoms with Crippen LogP contribution in [-0.2, 0) is 0 Å². The predicted octanol–water partition coefficient (Wildman–Crippen LogP) is 1.46. The first-order valence-electron chi connectivity index (χ1n) is 5.63. The van der Waals surface area contributed by atoms with E-state index in [4.69, 9.17) is 5.11 Å². The van der Waals surface area contributed by atoms with Gasteiger partial charge in [0.1, 0.15) is 0 Å². The first kappa shape index (κ1) is 13.6. The fourth-order valence-electron chi connectivity index (χ4n) is 1.46. The van der Waals surface area contributed by atoms with Crippen LogP contribution in [0, 0.1) is 5.95 Å². The van der Waals surface area contributed by atoms with E-state index in [9.17, 15) is 9.18 Å². The summed E-state index contributed by atoms with van der Waals surface area (Å²) in [4.78, 5) is 16.9. The second kappa shape index (κ2) is 6.96. The molecule has 1 aromatic heterocycles. The van der Waals surface area contributed by atoms with Crippen LogP contribution in [0.2, 0.25) is 0 Å². The molecule has 0 aliphatic carbocycles. The smallest absolute Gasteiger partial charge is 0.255 e. The minimum Gasteiger partial charge on any atom is -0.396 e. The van der Waals surface area contributed by atoms with E-state index in [1.165, 1.54) is 18.3 Å². The number of hydrogen-bond donors (Lipinski definition) is 1. The first-order valence-corrected chi connectivity index (χ1v) is 5.63. The van der Waals surface area contributed by atoms with E-state index in [2.05, 4.69) is 4.98 Å². The predicted molar refractivity (Wildman–Crippen MR) is 62.1 cm³/mol. The molecule has 0 saturated heterocycles. The molecule has 0 atom stereocenters. The maximum Gasteiger partial charge on any atom is 0.255 e. The second-order valence-electron chi connectivity index (χ2n) is 3.88. The highest BCUT2D eigenvalue weighted by atomic mass is 19.1. The highest BCUT2D eigenvalue weighted by Gasteiger charge is 2.11. The summed E-state index contributed by atoms with van der Waals surface area (Å²) in [7, 11) is 1.70. The molecule has 0 aromatic carbocycles. The molecular weight excluding hydrogens is 223 g/mol. The molecule has 1 N–H and O–H groups in total. The minimum absolute atomic E-state index is 0.165. The van der Waals surface area contributed by atoms with Crippen LogP contribution in [-0.4, -0.2) is 41.1 Å². The standard InChI is InChI=1S/C12H17FN2O2/c1-15(7-3-2-4-8-16)12(17)10-5-6-11(13)14-9-10/h5-6,9,16H,2-4,7-8H2,1H3. The van der Waals surface area contributed by atoms with Gasteiger partial charge in [0.2, 0.25) is 5.95 Å². The maximum absolute atomic E-state index is 12.6. The molecule has 0 fully saturated rings. The summed E-state index contributed by atoms with van der Waals surface area (Å²) in [6.45, 7) is 0.801. The number of carbonyl (C=O) groups excluding carboxylic acids is 1. The zero-order chi connectivity index (χ0) is 12.7. The number of amides is 1. The average Bonchev–Trinajstić information content (AvgIpc) is 2.34. The quantitative estimate of drug-likeness (QED) is 0.605. The SMILES string of the molecule is CN(CCCCCO)C(=O)c1ccc(F)nc1. The Labute approximate surface area is 100 Å². The normalized spacial score (nSPS) is 10.3. The Morgan fingerprint density at radius 1 is 1.41 bits per heavy atom. The zero-order valence-electron chi connectivity index (χ0n) is 9.90. The third-order valence-electron chi connectivity index (χ3n) is 2.47. The number of halogens is 1. The van der Waals surface area contributed by atoms with E-state index in [0.29, 0.717) is 12.1 Å². The van der Waals surface area contributed by atoms with E-state index in [1.807, 2.05) is 0 Å². The minimum atomic E-state index is -0.591. The topological polar surface area (TPSA) is 53.4 Å². The fraction of sp³-hybridized carbons (Fsp3) is 0.500. The van der Waals surface area contributed by atoms with Crippen LogP contribution in [0.25, 0.3) is 0 Å². The van der Waals surface area contributed by atoms with Crippen molar-refractivity contribution in [1.29, 1.82) is 0 Å². The van der Waals surface area contributed by atoms with E-state index in [-0.39, 0.29) is 12.5 Å². The Hall–Kier alpha value is -1.49. The number of aromatic nitrogens is 1. The van der Waals surface area contributed by atoms with Crippen molar-refractivity contribution in [2.24, 2.45) is 0 Å². The average molecular weight is 240 g/mol. The van der Waals surface area contributed by atoms with Crippen molar-refractivity contribution in [3.05, 3.63) is 29.8 Å². The van der Waals surface area contributed by atoms with Crippen molar-refractivity contribution in [3.8, 4) is 0 Å². The first-order chi connectivity index (χ1) is 8.15. The largest absolute Gasteiger partial charge is 0.396 e. The summed E-state index contributed by atoms with van der Waals surface area (Å²) in [5.74, 6) is -0.756. The summed E-state index contributed by atoms with van der Waals surface area (Å²) < 4.78 is 12.6. The monoisotopic (exact) mass is 240 g/mol. The zero-order valence-corrected chi connectivity index (χ0v) is 9.90. The van der Waals surface area contributed by atoms with E-state index >= 15 is 0 Å². The van der Waals surface area contributed by atoms with Crippen LogP contribution >= 0.6 is 0 Å². The number of hydrogen-bond acceptors (Lipinski definition) is 3. The number of aliphatic hydroxyl groups excluding tert-OH is 1. The molecule has 1 aromatic rings. The molecule has 94 valence electrons. The van der Waals surface area contributed by atoms with Crippen molar-refractivity contribution in [3.63, 3.8) is 0 Å².